The van der Waals surface area contributed by atoms with Gasteiger partial charge in [0, 0.05) is 17.3 Å². The molecule has 0 unspecified atom stereocenters. The maximum Gasteiger partial charge on any atom is 0.0725 e. The maximum atomic E-state index is 5.71. The van der Waals surface area contributed by atoms with E-state index in [9.17, 15) is 0 Å². The largest absolute Gasteiger partial charge is 0.399 e. The van der Waals surface area contributed by atoms with Crippen LogP contribution in [0.3, 0.4) is 0 Å². The van der Waals surface area contributed by atoms with E-state index in [0.29, 0.717) is 5.92 Å². The van der Waals surface area contributed by atoms with E-state index in [1.54, 1.807) is 0 Å². The molecular formula is C12H14N2. The minimum Gasteiger partial charge on any atom is -0.399 e. The Balaban J connectivity index is 2.75. The smallest absolute Gasteiger partial charge is 0.0725 e. The van der Waals surface area contributed by atoms with E-state index in [1.165, 1.54) is 10.9 Å². The summed E-state index contributed by atoms with van der Waals surface area (Å²) >= 11 is 0. The average molecular weight is 186 g/mol. The fraction of sp³-hybridized carbons (Fsp3) is 0.250. The minimum absolute atomic E-state index is 0.518. The molecule has 0 amide bonds. The molecule has 14 heavy (non-hydrogen) atoms. The first-order valence-electron chi connectivity index (χ1n) is 4.82. The van der Waals surface area contributed by atoms with Gasteiger partial charge >= 0.3 is 0 Å². The molecule has 2 aromatic rings. The van der Waals surface area contributed by atoms with Gasteiger partial charge in [-0.1, -0.05) is 19.9 Å². The van der Waals surface area contributed by atoms with Crippen molar-refractivity contribution in [3.05, 3.63) is 36.0 Å². The Kier molecular flexibility index (Phi) is 2.12. The molecular weight excluding hydrogens is 172 g/mol. The molecule has 2 nitrogen and oxygen atoms in total. The average Bonchev–Trinajstić information content (AvgIpc) is 2.16. The van der Waals surface area contributed by atoms with Gasteiger partial charge in [0.25, 0.3) is 0 Å². The number of fused-ring (bicyclic) bond motifs is 1. The van der Waals surface area contributed by atoms with Gasteiger partial charge in [-0.3, -0.25) is 4.98 Å². The summed E-state index contributed by atoms with van der Waals surface area (Å²) in [7, 11) is 0. The highest BCUT2D eigenvalue weighted by atomic mass is 14.7. The van der Waals surface area contributed by atoms with Gasteiger partial charge in [0.2, 0.25) is 0 Å². The molecule has 2 rings (SSSR count). The lowest BCUT2D eigenvalue weighted by atomic mass is 9.99. The number of hydrogen-bond acceptors (Lipinski definition) is 2. The second-order valence-corrected chi connectivity index (χ2v) is 3.83. The normalized spacial score (nSPS) is 11.1. The van der Waals surface area contributed by atoms with Crippen molar-refractivity contribution < 1.29 is 0 Å². The lowest BCUT2D eigenvalue weighted by molar-refractivity contribution is 0.874. The number of nitrogens with zero attached hydrogens (tertiary/aromatic N) is 1. The molecule has 0 aliphatic heterocycles. The number of hydrogen-bond donors (Lipinski definition) is 1. The van der Waals surface area contributed by atoms with Crippen LogP contribution in [0.2, 0.25) is 0 Å². The van der Waals surface area contributed by atoms with Crippen molar-refractivity contribution in [3.8, 4) is 0 Å². The highest BCUT2D eigenvalue weighted by Gasteiger charge is 2.04. The highest BCUT2D eigenvalue weighted by Crippen LogP contribution is 2.24. The molecule has 0 radical (unpaired) electrons. The van der Waals surface area contributed by atoms with Crippen molar-refractivity contribution in [2.75, 3.05) is 5.73 Å². The summed E-state index contributed by atoms with van der Waals surface area (Å²) in [6, 6.07) is 7.97. The van der Waals surface area contributed by atoms with Crippen LogP contribution < -0.4 is 5.73 Å². The first kappa shape index (κ1) is 9.00. The van der Waals surface area contributed by atoms with E-state index >= 15 is 0 Å². The third-order valence-corrected chi connectivity index (χ3v) is 2.42. The van der Waals surface area contributed by atoms with Crippen LogP contribution in [0.4, 0.5) is 5.69 Å². The molecule has 1 heterocycles. The molecule has 0 aliphatic carbocycles. The van der Waals surface area contributed by atoms with Gasteiger partial charge < -0.3 is 5.73 Å². The zero-order valence-corrected chi connectivity index (χ0v) is 8.49. The summed E-state index contributed by atoms with van der Waals surface area (Å²) in [4.78, 5) is 4.31. The summed E-state index contributed by atoms with van der Waals surface area (Å²) in [5.74, 6) is 0.518. The van der Waals surface area contributed by atoms with Gasteiger partial charge in [-0.25, -0.2) is 0 Å². The summed E-state index contributed by atoms with van der Waals surface area (Å²) in [6.45, 7) is 4.37. The van der Waals surface area contributed by atoms with E-state index in [2.05, 4.69) is 24.9 Å². The molecule has 2 N–H and O–H groups in total. The Bertz CT molecular complexity index is 461. The second-order valence-electron chi connectivity index (χ2n) is 3.83. The number of aromatic nitrogens is 1. The van der Waals surface area contributed by atoms with Gasteiger partial charge in [0.1, 0.15) is 0 Å². The van der Waals surface area contributed by atoms with E-state index in [1.807, 2.05) is 24.4 Å². The summed E-state index contributed by atoms with van der Waals surface area (Å²) < 4.78 is 0. The van der Waals surface area contributed by atoms with E-state index in [-0.39, 0.29) is 0 Å². The third-order valence-electron chi connectivity index (χ3n) is 2.42. The molecule has 0 atom stereocenters. The molecule has 1 aromatic carbocycles. The Morgan fingerprint density at radius 3 is 2.71 bits per heavy atom. The van der Waals surface area contributed by atoms with Crippen molar-refractivity contribution in [2.45, 2.75) is 19.8 Å². The Labute approximate surface area is 83.8 Å². The fourth-order valence-electron chi connectivity index (χ4n) is 1.69. The SMILES string of the molecule is CC(C)c1ccnc2cc(N)ccc12. The number of rotatable bonds is 1. The lowest BCUT2D eigenvalue weighted by Crippen LogP contribution is -1.92. The van der Waals surface area contributed by atoms with Crippen LogP contribution in [0.5, 0.6) is 0 Å². The number of nitrogens with two attached hydrogens (primary N) is 1. The molecule has 72 valence electrons. The molecule has 2 heteroatoms. The predicted octanol–water partition coefficient (Wildman–Crippen LogP) is 2.94. The summed E-state index contributed by atoms with van der Waals surface area (Å²) in [6.07, 6.45) is 1.84. The van der Waals surface area contributed by atoms with Crippen molar-refractivity contribution >= 4 is 16.6 Å². The van der Waals surface area contributed by atoms with Crippen molar-refractivity contribution in [2.24, 2.45) is 0 Å². The van der Waals surface area contributed by atoms with E-state index < -0.39 is 0 Å². The molecule has 0 saturated heterocycles. The zero-order valence-electron chi connectivity index (χ0n) is 8.49. The number of nitrogen functional groups attached to an aromatic ring is 1. The van der Waals surface area contributed by atoms with Crippen LogP contribution in [0, 0.1) is 0 Å². The predicted molar refractivity (Wildman–Crippen MR) is 60.2 cm³/mol. The lowest BCUT2D eigenvalue weighted by Gasteiger charge is -2.09. The second kappa shape index (κ2) is 3.29. The van der Waals surface area contributed by atoms with Crippen LogP contribution in [-0.2, 0) is 0 Å². The van der Waals surface area contributed by atoms with Crippen LogP contribution in [0.15, 0.2) is 30.5 Å². The van der Waals surface area contributed by atoms with Crippen LogP contribution in [0.1, 0.15) is 25.3 Å². The van der Waals surface area contributed by atoms with Gasteiger partial charge in [-0.05, 0) is 29.7 Å². The fourth-order valence-corrected chi connectivity index (χ4v) is 1.69. The van der Waals surface area contributed by atoms with Crippen molar-refractivity contribution in [3.63, 3.8) is 0 Å². The molecule has 1 aromatic heterocycles. The van der Waals surface area contributed by atoms with Crippen LogP contribution >= 0.6 is 0 Å². The van der Waals surface area contributed by atoms with Gasteiger partial charge in [-0.15, -0.1) is 0 Å². The third kappa shape index (κ3) is 1.43. The topological polar surface area (TPSA) is 38.9 Å². The maximum absolute atomic E-state index is 5.71. The molecule has 0 saturated carbocycles. The zero-order chi connectivity index (χ0) is 10.1. The number of pyridine rings is 1. The monoisotopic (exact) mass is 186 g/mol. The van der Waals surface area contributed by atoms with Crippen LogP contribution in [0.25, 0.3) is 10.9 Å². The standard InChI is InChI=1S/C12H14N2/c1-8(2)10-5-6-14-12-7-9(13)3-4-11(10)12/h3-8H,13H2,1-2H3. The van der Waals surface area contributed by atoms with Gasteiger partial charge in [-0.2, -0.15) is 0 Å². The van der Waals surface area contributed by atoms with Gasteiger partial charge in [0.15, 0.2) is 0 Å². The van der Waals surface area contributed by atoms with Crippen molar-refractivity contribution in [1.29, 1.82) is 0 Å². The molecule has 0 fully saturated rings. The van der Waals surface area contributed by atoms with E-state index in [0.717, 1.165) is 11.2 Å². The highest BCUT2D eigenvalue weighted by molar-refractivity contribution is 5.85. The number of anilines is 1. The van der Waals surface area contributed by atoms with Crippen LogP contribution in [-0.4, -0.2) is 4.98 Å². The van der Waals surface area contributed by atoms with E-state index in [4.69, 9.17) is 5.73 Å². The van der Waals surface area contributed by atoms with Gasteiger partial charge in [0.05, 0.1) is 5.52 Å². The number of benzene rings is 1. The first-order chi connectivity index (χ1) is 6.68. The Hall–Kier alpha value is -1.57. The first-order valence-corrected chi connectivity index (χ1v) is 4.82. The summed E-state index contributed by atoms with van der Waals surface area (Å²) in [5, 5.41) is 1.21. The Morgan fingerprint density at radius 2 is 2.00 bits per heavy atom. The summed E-state index contributed by atoms with van der Waals surface area (Å²) in [5.41, 5.74) is 8.79. The molecule has 0 spiro atoms. The Morgan fingerprint density at radius 1 is 1.21 bits per heavy atom. The molecule has 0 bridgehead atoms. The van der Waals surface area contributed by atoms with Crippen molar-refractivity contribution in [1.82, 2.24) is 4.98 Å². The quantitative estimate of drug-likeness (QED) is 0.695. The minimum atomic E-state index is 0.518. The molecule has 0 aliphatic rings.